The molecular formula is C13H26O3. The summed E-state index contributed by atoms with van der Waals surface area (Å²) in [5, 5.41) is 19.8. The molecule has 0 aromatic carbocycles. The number of carboxylic acid groups (broad SMARTS) is 1. The van der Waals surface area contributed by atoms with Crippen molar-refractivity contribution in [3.05, 3.63) is 0 Å². The van der Waals surface area contributed by atoms with Crippen LogP contribution in [0.4, 0.5) is 0 Å². The van der Waals surface area contributed by atoms with Gasteiger partial charge in [0, 0.05) is 5.41 Å². The Morgan fingerprint density at radius 1 is 1.06 bits per heavy atom. The minimum Gasteiger partial charge on any atom is -0.479 e. The molecule has 3 nitrogen and oxygen atoms in total. The summed E-state index contributed by atoms with van der Waals surface area (Å²) in [5.74, 6) is -1.11. The maximum absolute atomic E-state index is 11.4. The summed E-state index contributed by atoms with van der Waals surface area (Å²) in [4.78, 5) is 11.4. The highest BCUT2D eigenvalue weighted by molar-refractivity contribution is 5.78. The summed E-state index contributed by atoms with van der Waals surface area (Å²) >= 11 is 0. The molecule has 0 saturated carbocycles. The third-order valence-electron chi connectivity index (χ3n) is 4.05. The Morgan fingerprint density at radius 2 is 1.50 bits per heavy atom. The molecule has 0 aliphatic heterocycles. The average molecular weight is 230 g/mol. The zero-order valence-corrected chi connectivity index (χ0v) is 11.4. The van der Waals surface area contributed by atoms with E-state index in [1.807, 2.05) is 41.5 Å². The Kier molecular flexibility index (Phi) is 4.57. The summed E-state index contributed by atoms with van der Waals surface area (Å²) in [6.07, 6.45) is 1.77. The van der Waals surface area contributed by atoms with Crippen molar-refractivity contribution in [3.8, 4) is 0 Å². The van der Waals surface area contributed by atoms with E-state index >= 15 is 0 Å². The first-order valence-electron chi connectivity index (χ1n) is 5.98. The van der Waals surface area contributed by atoms with Crippen LogP contribution in [0.2, 0.25) is 0 Å². The van der Waals surface area contributed by atoms with Crippen molar-refractivity contribution in [3.63, 3.8) is 0 Å². The van der Waals surface area contributed by atoms with Crippen LogP contribution in [0, 0.1) is 10.8 Å². The average Bonchev–Trinajstić information content (AvgIpc) is 2.16. The number of carboxylic acids is 1. The predicted octanol–water partition coefficient (Wildman–Crippen LogP) is 3.06. The standard InChI is InChI=1S/C13H26O3/c1-7-11(3,4)9-13(16,10(14)15)12(5,6)8-2/h16H,7-9H2,1-6H3,(H,14,15). The van der Waals surface area contributed by atoms with Crippen LogP contribution in [0.25, 0.3) is 0 Å². The monoisotopic (exact) mass is 230 g/mol. The third kappa shape index (κ3) is 2.97. The molecule has 0 amide bonds. The van der Waals surface area contributed by atoms with Crippen molar-refractivity contribution in [1.29, 1.82) is 0 Å². The molecule has 96 valence electrons. The highest BCUT2D eigenvalue weighted by Crippen LogP contribution is 2.43. The van der Waals surface area contributed by atoms with Crippen LogP contribution in [0.1, 0.15) is 60.8 Å². The largest absolute Gasteiger partial charge is 0.479 e. The summed E-state index contributed by atoms with van der Waals surface area (Å²) in [7, 11) is 0. The fourth-order valence-electron chi connectivity index (χ4n) is 1.71. The van der Waals surface area contributed by atoms with Gasteiger partial charge >= 0.3 is 5.97 Å². The zero-order valence-electron chi connectivity index (χ0n) is 11.4. The van der Waals surface area contributed by atoms with E-state index in [-0.39, 0.29) is 11.8 Å². The summed E-state index contributed by atoms with van der Waals surface area (Å²) < 4.78 is 0. The normalized spacial score (nSPS) is 16.9. The molecule has 0 rings (SSSR count). The van der Waals surface area contributed by atoms with Crippen molar-refractivity contribution in [1.82, 2.24) is 0 Å². The summed E-state index contributed by atoms with van der Waals surface area (Å²) in [6, 6.07) is 0. The lowest BCUT2D eigenvalue weighted by Crippen LogP contribution is -2.53. The fourth-order valence-corrected chi connectivity index (χ4v) is 1.71. The van der Waals surface area contributed by atoms with Crippen molar-refractivity contribution < 1.29 is 15.0 Å². The second-order valence-corrected chi connectivity index (χ2v) is 6.10. The van der Waals surface area contributed by atoms with Gasteiger partial charge in [0.25, 0.3) is 0 Å². The van der Waals surface area contributed by atoms with E-state index < -0.39 is 17.0 Å². The molecule has 0 aliphatic rings. The number of carbonyl (C=O) groups is 1. The van der Waals surface area contributed by atoms with Gasteiger partial charge in [0.2, 0.25) is 0 Å². The molecule has 1 atom stereocenters. The predicted molar refractivity (Wildman–Crippen MR) is 65.3 cm³/mol. The minimum atomic E-state index is -1.65. The van der Waals surface area contributed by atoms with E-state index in [2.05, 4.69) is 0 Å². The molecule has 0 aromatic heterocycles. The molecule has 2 N–H and O–H groups in total. The second-order valence-electron chi connectivity index (χ2n) is 6.10. The van der Waals surface area contributed by atoms with Gasteiger partial charge in [-0.25, -0.2) is 4.79 Å². The van der Waals surface area contributed by atoms with Crippen LogP contribution >= 0.6 is 0 Å². The lowest BCUT2D eigenvalue weighted by Gasteiger charge is -2.43. The molecule has 0 bridgehead atoms. The van der Waals surface area contributed by atoms with Gasteiger partial charge in [-0.15, -0.1) is 0 Å². The molecule has 0 aliphatic carbocycles. The lowest BCUT2D eigenvalue weighted by molar-refractivity contribution is -0.179. The van der Waals surface area contributed by atoms with E-state index in [1.54, 1.807) is 0 Å². The number of aliphatic carboxylic acids is 1. The molecule has 3 heteroatoms. The Balaban J connectivity index is 5.23. The first-order valence-corrected chi connectivity index (χ1v) is 5.98. The molecule has 16 heavy (non-hydrogen) atoms. The van der Waals surface area contributed by atoms with Crippen molar-refractivity contribution >= 4 is 5.97 Å². The second kappa shape index (κ2) is 4.74. The van der Waals surface area contributed by atoms with Crippen molar-refractivity contribution in [2.75, 3.05) is 0 Å². The Hall–Kier alpha value is -0.570. The Bertz CT molecular complexity index is 256. The molecule has 0 fully saturated rings. The molecule has 0 saturated heterocycles. The van der Waals surface area contributed by atoms with Gasteiger partial charge in [-0.3, -0.25) is 0 Å². The maximum atomic E-state index is 11.4. The van der Waals surface area contributed by atoms with Gasteiger partial charge in [-0.05, 0) is 18.3 Å². The van der Waals surface area contributed by atoms with Crippen LogP contribution in [0.15, 0.2) is 0 Å². The Morgan fingerprint density at radius 3 is 1.75 bits per heavy atom. The van der Waals surface area contributed by atoms with E-state index in [0.29, 0.717) is 6.42 Å². The highest BCUT2D eigenvalue weighted by atomic mass is 16.4. The van der Waals surface area contributed by atoms with Crippen molar-refractivity contribution in [2.45, 2.75) is 66.4 Å². The molecular weight excluding hydrogens is 204 g/mol. The van der Waals surface area contributed by atoms with E-state index in [9.17, 15) is 15.0 Å². The van der Waals surface area contributed by atoms with Gasteiger partial charge in [-0.1, -0.05) is 48.0 Å². The van der Waals surface area contributed by atoms with E-state index in [0.717, 1.165) is 6.42 Å². The molecule has 0 spiro atoms. The number of rotatable bonds is 6. The third-order valence-corrected chi connectivity index (χ3v) is 4.05. The fraction of sp³-hybridized carbons (Fsp3) is 0.923. The molecule has 1 unspecified atom stereocenters. The zero-order chi connectivity index (χ0) is 13.2. The Labute approximate surface area is 98.9 Å². The van der Waals surface area contributed by atoms with Gasteiger partial charge in [-0.2, -0.15) is 0 Å². The highest BCUT2D eigenvalue weighted by Gasteiger charge is 2.51. The first kappa shape index (κ1) is 15.4. The SMILES string of the molecule is CCC(C)(C)CC(O)(C(=O)O)C(C)(C)CC. The maximum Gasteiger partial charge on any atom is 0.336 e. The van der Waals surface area contributed by atoms with Gasteiger partial charge in [0.15, 0.2) is 5.60 Å². The minimum absolute atomic E-state index is 0.167. The lowest BCUT2D eigenvalue weighted by atomic mass is 9.65. The van der Waals surface area contributed by atoms with Gasteiger partial charge in [0.05, 0.1) is 0 Å². The molecule has 0 aromatic rings. The molecule has 0 heterocycles. The quantitative estimate of drug-likeness (QED) is 0.737. The number of aliphatic hydroxyl groups is 1. The van der Waals surface area contributed by atoms with E-state index in [1.165, 1.54) is 0 Å². The molecule has 0 radical (unpaired) electrons. The van der Waals surface area contributed by atoms with Crippen LogP contribution in [-0.4, -0.2) is 21.8 Å². The smallest absolute Gasteiger partial charge is 0.336 e. The first-order chi connectivity index (χ1) is 7.02. The number of hydrogen-bond acceptors (Lipinski definition) is 2. The van der Waals surface area contributed by atoms with Gasteiger partial charge < -0.3 is 10.2 Å². The number of hydrogen-bond donors (Lipinski definition) is 2. The van der Waals surface area contributed by atoms with Crippen LogP contribution in [0.5, 0.6) is 0 Å². The van der Waals surface area contributed by atoms with Crippen LogP contribution < -0.4 is 0 Å². The van der Waals surface area contributed by atoms with Crippen LogP contribution in [0.3, 0.4) is 0 Å². The van der Waals surface area contributed by atoms with Gasteiger partial charge in [0.1, 0.15) is 0 Å². The van der Waals surface area contributed by atoms with Crippen molar-refractivity contribution in [2.24, 2.45) is 10.8 Å². The van der Waals surface area contributed by atoms with E-state index in [4.69, 9.17) is 0 Å². The topological polar surface area (TPSA) is 57.5 Å². The van der Waals surface area contributed by atoms with Crippen LogP contribution in [-0.2, 0) is 4.79 Å². The summed E-state index contributed by atoms with van der Waals surface area (Å²) in [5.41, 5.74) is -2.44. The summed E-state index contributed by atoms with van der Waals surface area (Å²) in [6.45, 7) is 11.5.